The molecule has 1 aliphatic heterocycles. The van der Waals surface area contributed by atoms with Gasteiger partial charge in [-0.1, -0.05) is 44.3 Å². The monoisotopic (exact) mass is 278 g/mol. The van der Waals surface area contributed by atoms with Crippen molar-refractivity contribution in [2.75, 3.05) is 6.61 Å². The number of amides is 1. The van der Waals surface area contributed by atoms with Gasteiger partial charge in [-0.2, -0.15) is 0 Å². The average molecular weight is 278 g/mol. The lowest BCUT2D eigenvalue weighted by Gasteiger charge is -2.21. The second-order valence-electron chi connectivity index (χ2n) is 5.03. The van der Waals surface area contributed by atoms with Gasteiger partial charge in [0, 0.05) is 5.56 Å². The Labute approximate surface area is 118 Å². The molecule has 2 unspecified atom stereocenters. The van der Waals surface area contributed by atoms with Gasteiger partial charge in [0.05, 0.1) is 16.9 Å². The fraction of sp³-hybridized carbons (Fsp3) is 0.429. The van der Waals surface area contributed by atoms with Crippen molar-refractivity contribution in [3.8, 4) is 5.75 Å². The van der Waals surface area contributed by atoms with Gasteiger partial charge in [-0.15, -0.1) is 0 Å². The zero-order chi connectivity index (χ0) is 14.0. The number of rotatable bonds is 4. The lowest BCUT2D eigenvalue weighted by atomic mass is 9.94. The second kappa shape index (κ2) is 5.57. The van der Waals surface area contributed by atoms with E-state index in [9.17, 15) is 4.79 Å². The summed E-state index contributed by atoms with van der Waals surface area (Å²) in [7, 11) is 0. The summed E-state index contributed by atoms with van der Waals surface area (Å²) < 4.78 is 5.53. The van der Waals surface area contributed by atoms with Crippen LogP contribution in [0.4, 0.5) is 0 Å². The molecule has 5 heteroatoms. The highest BCUT2D eigenvalue weighted by molar-refractivity contribution is 7.80. The molecule has 0 aliphatic carbocycles. The maximum absolute atomic E-state index is 12.3. The molecular weight excluding hydrogens is 260 g/mol. The first-order chi connectivity index (χ1) is 9.00. The van der Waals surface area contributed by atoms with Crippen LogP contribution in [0, 0.1) is 11.8 Å². The topological polar surface area (TPSA) is 64.3 Å². The number of thiocarbonyl (C=S) groups is 1. The number of carbonyl (C=O) groups excluding carboxylic acids is 1. The van der Waals surface area contributed by atoms with Crippen molar-refractivity contribution in [3.05, 3.63) is 29.8 Å². The minimum atomic E-state index is -0.442. The Balaban J connectivity index is 2.10. The van der Waals surface area contributed by atoms with E-state index in [4.69, 9.17) is 22.7 Å². The maximum Gasteiger partial charge on any atom is 0.230 e. The van der Waals surface area contributed by atoms with Crippen LogP contribution in [-0.4, -0.2) is 17.5 Å². The Morgan fingerprint density at radius 2 is 2.16 bits per heavy atom. The summed E-state index contributed by atoms with van der Waals surface area (Å²) in [5.74, 6) is 0.329. The van der Waals surface area contributed by atoms with Gasteiger partial charge in [-0.05, 0) is 12.0 Å². The molecule has 3 N–H and O–H groups in total. The standard InChI is InChI=1S/C14H18N2O2S/c1-8(2)12(13(15)19)14(17)16-10-7-18-11-6-4-3-5-9(10)11/h3-6,8,10,12H,7H2,1-2H3,(H2,15,19)(H,16,17). The van der Waals surface area contributed by atoms with E-state index in [1.165, 1.54) is 0 Å². The van der Waals surface area contributed by atoms with Gasteiger partial charge in [-0.3, -0.25) is 4.79 Å². The predicted octanol–water partition coefficient (Wildman–Crippen LogP) is 1.79. The zero-order valence-corrected chi connectivity index (χ0v) is 11.9. The smallest absolute Gasteiger partial charge is 0.230 e. The lowest BCUT2D eigenvalue weighted by molar-refractivity contribution is -0.124. The molecule has 0 spiro atoms. The Kier molecular flexibility index (Phi) is 4.04. The molecule has 0 aromatic heterocycles. The fourth-order valence-corrected chi connectivity index (χ4v) is 2.68. The minimum absolute atomic E-state index is 0.0788. The summed E-state index contributed by atoms with van der Waals surface area (Å²) in [5.41, 5.74) is 6.65. The van der Waals surface area contributed by atoms with Crippen molar-refractivity contribution >= 4 is 23.1 Å². The molecule has 1 aliphatic rings. The quantitative estimate of drug-likeness (QED) is 0.824. The molecule has 1 aromatic carbocycles. The van der Waals surface area contributed by atoms with Gasteiger partial charge < -0.3 is 15.8 Å². The van der Waals surface area contributed by atoms with Crippen molar-refractivity contribution in [1.82, 2.24) is 5.32 Å². The van der Waals surface area contributed by atoms with E-state index in [0.29, 0.717) is 6.61 Å². The number of para-hydroxylation sites is 1. The van der Waals surface area contributed by atoms with E-state index in [1.807, 2.05) is 38.1 Å². The summed E-state index contributed by atoms with van der Waals surface area (Å²) in [6, 6.07) is 7.57. The van der Waals surface area contributed by atoms with Crippen LogP contribution in [0.5, 0.6) is 5.75 Å². The first-order valence-corrected chi connectivity index (χ1v) is 6.73. The number of fused-ring (bicyclic) bond motifs is 1. The first-order valence-electron chi connectivity index (χ1n) is 6.32. The Hall–Kier alpha value is -1.62. The van der Waals surface area contributed by atoms with Crippen LogP contribution in [0.3, 0.4) is 0 Å². The summed E-state index contributed by atoms with van der Waals surface area (Å²) >= 11 is 4.97. The Bertz CT molecular complexity index is 502. The largest absolute Gasteiger partial charge is 0.491 e. The van der Waals surface area contributed by atoms with Gasteiger partial charge in [0.1, 0.15) is 12.4 Å². The molecule has 102 valence electrons. The van der Waals surface area contributed by atoms with Gasteiger partial charge in [0.25, 0.3) is 0 Å². The third-order valence-electron chi connectivity index (χ3n) is 3.27. The number of hydrogen-bond donors (Lipinski definition) is 2. The highest BCUT2D eigenvalue weighted by Gasteiger charge is 2.30. The normalized spacial score (nSPS) is 18.6. The van der Waals surface area contributed by atoms with Crippen molar-refractivity contribution < 1.29 is 9.53 Å². The lowest BCUT2D eigenvalue weighted by Crippen LogP contribution is -2.42. The molecule has 1 aromatic rings. The summed E-state index contributed by atoms with van der Waals surface area (Å²) in [6.45, 7) is 4.32. The Morgan fingerprint density at radius 1 is 1.47 bits per heavy atom. The van der Waals surface area contributed by atoms with Gasteiger partial charge in [0.2, 0.25) is 5.91 Å². The number of hydrogen-bond acceptors (Lipinski definition) is 3. The zero-order valence-electron chi connectivity index (χ0n) is 11.1. The number of carbonyl (C=O) groups is 1. The summed E-state index contributed by atoms with van der Waals surface area (Å²) in [5, 5.41) is 2.97. The van der Waals surface area contributed by atoms with Crippen LogP contribution in [0.25, 0.3) is 0 Å². The second-order valence-corrected chi connectivity index (χ2v) is 5.51. The molecule has 19 heavy (non-hydrogen) atoms. The average Bonchev–Trinajstić information content (AvgIpc) is 2.72. The molecule has 1 amide bonds. The highest BCUT2D eigenvalue weighted by atomic mass is 32.1. The van der Waals surface area contributed by atoms with Gasteiger partial charge in [-0.25, -0.2) is 0 Å². The number of nitrogens with two attached hydrogens (primary N) is 1. The fourth-order valence-electron chi connectivity index (χ4n) is 2.30. The SMILES string of the molecule is CC(C)C(C(=O)NC1COc2ccccc21)C(N)=S. The van der Waals surface area contributed by atoms with Crippen molar-refractivity contribution in [1.29, 1.82) is 0 Å². The number of benzene rings is 1. The molecule has 4 nitrogen and oxygen atoms in total. The molecule has 2 atom stereocenters. The molecule has 0 saturated heterocycles. The van der Waals surface area contributed by atoms with E-state index in [1.54, 1.807) is 0 Å². The number of ether oxygens (including phenoxy) is 1. The highest BCUT2D eigenvalue weighted by Crippen LogP contribution is 2.32. The van der Waals surface area contributed by atoms with E-state index >= 15 is 0 Å². The molecule has 0 saturated carbocycles. The van der Waals surface area contributed by atoms with Gasteiger partial charge >= 0.3 is 0 Å². The van der Waals surface area contributed by atoms with Crippen LogP contribution < -0.4 is 15.8 Å². The first kappa shape index (κ1) is 13.8. The van der Waals surface area contributed by atoms with E-state index in [-0.39, 0.29) is 22.9 Å². The van der Waals surface area contributed by atoms with Crippen molar-refractivity contribution in [3.63, 3.8) is 0 Å². The van der Waals surface area contributed by atoms with E-state index < -0.39 is 5.92 Å². The molecule has 0 fully saturated rings. The predicted molar refractivity (Wildman–Crippen MR) is 77.9 cm³/mol. The molecule has 0 radical (unpaired) electrons. The van der Waals surface area contributed by atoms with Crippen LogP contribution in [-0.2, 0) is 4.79 Å². The Morgan fingerprint density at radius 3 is 2.79 bits per heavy atom. The molecular formula is C14H18N2O2S. The van der Waals surface area contributed by atoms with E-state index in [2.05, 4.69) is 5.32 Å². The van der Waals surface area contributed by atoms with Crippen LogP contribution in [0.2, 0.25) is 0 Å². The van der Waals surface area contributed by atoms with Crippen LogP contribution in [0.1, 0.15) is 25.5 Å². The maximum atomic E-state index is 12.3. The molecule has 2 rings (SSSR count). The number of nitrogens with one attached hydrogen (secondary N) is 1. The van der Waals surface area contributed by atoms with E-state index in [0.717, 1.165) is 11.3 Å². The molecule has 0 bridgehead atoms. The van der Waals surface area contributed by atoms with Crippen molar-refractivity contribution in [2.45, 2.75) is 19.9 Å². The summed E-state index contributed by atoms with van der Waals surface area (Å²) in [4.78, 5) is 12.5. The van der Waals surface area contributed by atoms with Crippen LogP contribution >= 0.6 is 12.2 Å². The van der Waals surface area contributed by atoms with Crippen LogP contribution in [0.15, 0.2) is 24.3 Å². The third-order valence-corrected chi connectivity index (χ3v) is 3.53. The summed E-state index contributed by atoms with van der Waals surface area (Å²) in [6.07, 6.45) is 0. The third kappa shape index (κ3) is 2.87. The van der Waals surface area contributed by atoms with Gasteiger partial charge in [0.15, 0.2) is 0 Å². The van der Waals surface area contributed by atoms with Crippen molar-refractivity contribution in [2.24, 2.45) is 17.6 Å². The minimum Gasteiger partial charge on any atom is -0.491 e. The molecule has 1 heterocycles.